The lowest BCUT2D eigenvalue weighted by molar-refractivity contribution is -0.384. The highest BCUT2D eigenvalue weighted by Gasteiger charge is 2.15. The monoisotopic (exact) mass is 386 g/mol. The Balaban J connectivity index is 1.60. The minimum absolute atomic E-state index is 0.00903. The van der Waals surface area contributed by atoms with Crippen LogP contribution in [0.4, 0.5) is 11.4 Å². The van der Waals surface area contributed by atoms with E-state index in [0.29, 0.717) is 22.4 Å². The molecule has 3 rings (SSSR count). The molecule has 0 bridgehead atoms. The minimum atomic E-state index is -0.576. The fourth-order valence-electron chi connectivity index (χ4n) is 2.27. The molecular weight excluding hydrogens is 372 g/mol. The average molecular weight is 386 g/mol. The van der Waals surface area contributed by atoms with Gasteiger partial charge in [-0.05, 0) is 48.6 Å². The van der Waals surface area contributed by atoms with Gasteiger partial charge in [-0.1, -0.05) is 0 Å². The van der Waals surface area contributed by atoms with Gasteiger partial charge < -0.3 is 14.5 Å². The summed E-state index contributed by atoms with van der Waals surface area (Å²) in [5.74, 6) is 0.121. The normalized spacial score (nSPS) is 10.3. The number of hydrogen-bond acceptors (Lipinski definition) is 6. The van der Waals surface area contributed by atoms with E-state index in [2.05, 4.69) is 16.2 Å². The van der Waals surface area contributed by atoms with Crippen LogP contribution in [0, 0.1) is 10.1 Å². The van der Waals surface area contributed by atoms with Crippen molar-refractivity contribution in [1.29, 1.82) is 0 Å². The molecule has 138 valence electrons. The molecule has 0 saturated heterocycles. The van der Waals surface area contributed by atoms with Crippen molar-refractivity contribution in [2.24, 2.45) is 0 Å². The zero-order valence-corrected chi connectivity index (χ0v) is 14.8. The molecule has 0 radical (unpaired) electrons. The van der Waals surface area contributed by atoms with Gasteiger partial charge in [-0.25, -0.2) is 0 Å². The summed E-state index contributed by atoms with van der Waals surface area (Å²) in [5, 5.41) is 14.3. The van der Waals surface area contributed by atoms with Crippen LogP contribution in [0.15, 0.2) is 52.9 Å². The number of rotatable bonds is 4. The fraction of sp³-hybridized carbons (Fsp3) is 0.0588. The Kier molecular flexibility index (Phi) is 5.18. The second kappa shape index (κ2) is 7.70. The number of benzene rings is 2. The van der Waals surface area contributed by atoms with Crippen LogP contribution in [0.2, 0.25) is 0 Å². The number of carbonyl (C=O) groups excluding carboxylic acids is 1. The highest BCUT2D eigenvalue weighted by molar-refractivity contribution is 7.80. The van der Waals surface area contributed by atoms with Crippen LogP contribution in [0.1, 0.15) is 10.6 Å². The zero-order chi connectivity index (χ0) is 19.4. The Hall–Kier alpha value is -3.66. The summed E-state index contributed by atoms with van der Waals surface area (Å²) in [6.45, 7) is 0. The largest absolute Gasteiger partial charge is 0.497 e. The summed E-state index contributed by atoms with van der Waals surface area (Å²) in [4.78, 5) is 22.5. The van der Waals surface area contributed by atoms with Crippen LogP contribution in [0.25, 0.3) is 11.0 Å². The summed E-state index contributed by atoms with van der Waals surface area (Å²) in [6.07, 6.45) is 0. The number of amides is 1. The van der Waals surface area contributed by atoms with Crippen molar-refractivity contribution in [2.75, 3.05) is 12.4 Å². The molecule has 0 aliphatic rings. The van der Waals surface area contributed by atoms with Gasteiger partial charge in [0.2, 0.25) is 0 Å². The SMILES string of the molecule is COc1ccc(NC(=S)NNC(=O)c2cc3cc([N+](=O)[O-])ccc3o2)cc1. The van der Waals surface area contributed by atoms with E-state index in [4.69, 9.17) is 21.4 Å². The molecule has 0 fully saturated rings. The number of nitro benzene ring substituents is 1. The predicted octanol–water partition coefficient (Wildman–Crippen LogP) is 2.98. The Morgan fingerprint density at radius 2 is 1.89 bits per heavy atom. The zero-order valence-electron chi connectivity index (χ0n) is 14.0. The molecule has 9 nitrogen and oxygen atoms in total. The Morgan fingerprint density at radius 1 is 1.15 bits per heavy atom. The summed E-state index contributed by atoms with van der Waals surface area (Å²) in [5.41, 5.74) is 5.94. The number of nitrogens with zero attached hydrogens (tertiary/aromatic N) is 1. The van der Waals surface area contributed by atoms with Crippen molar-refractivity contribution < 1.29 is 18.9 Å². The average Bonchev–Trinajstić information content (AvgIpc) is 3.10. The summed E-state index contributed by atoms with van der Waals surface area (Å²) in [6, 6.07) is 12.5. The molecule has 0 aliphatic carbocycles. The number of non-ortho nitro benzene ring substituents is 1. The van der Waals surface area contributed by atoms with Gasteiger partial charge in [0.25, 0.3) is 5.69 Å². The summed E-state index contributed by atoms with van der Waals surface area (Å²) >= 11 is 5.10. The first kappa shape index (κ1) is 18.1. The van der Waals surface area contributed by atoms with E-state index in [9.17, 15) is 14.9 Å². The van der Waals surface area contributed by atoms with Gasteiger partial charge in [0.05, 0.1) is 12.0 Å². The number of thiocarbonyl (C=S) groups is 1. The van der Waals surface area contributed by atoms with Gasteiger partial charge in [-0.3, -0.25) is 25.8 Å². The van der Waals surface area contributed by atoms with E-state index in [-0.39, 0.29) is 16.6 Å². The standard InChI is InChI=1S/C17H14N4O5S/c1-25-13-5-2-11(3-6-13)18-17(27)20-19-16(22)15-9-10-8-12(21(23)24)4-7-14(10)26-15/h2-9H,1H3,(H,19,22)(H2,18,20,27). The fourth-order valence-corrected chi connectivity index (χ4v) is 2.44. The van der Waals surface area contributed by atoms with Gasteiger partial charge in [-0.2, -0.15) is 0 Å². The van der Waals surface area contributed by atoms with Crippen LogP contribution >= 0.6 is 12.2 Å². The van der Waals surface area contributed by atoms with Crippen LogP contribution in [-0.4, -0.2) is 23.1 Å². The van der Waals surface area contributed by atoms with Crippen molar-refractivity contribution in [2.45, 2.75) is 0 Å². The molecule has 0 saturated carbocycles. The molecule has 0 atom stereocenters. The number of furan rings is 1. The Bertz CT molecular complexity index is 1020. The maximum atomic E-state index is 12.2. The first-order valence-electron chi connectivity index (χ1n) is 7.65. The third-order valence-electron chi connectivity index (χ3n) is 3.57. The van der Waals surface area contributed by atoms with Crippen molar-refractivity contribution in [3.63, 3.8) is 0 Å². The molecule has 2 aromatic carbocycles. The van der Waals surface area contributed by atoms with Gasteiger partial charge in [0.15, 0.2) is 10.9 Å². The minimum Gasteiger partial charge on any atom is -0.497 e. The molecule has 10 heteroatoms. The number of hydrogen-bond donors (Lipinski definition) is 3. The van der Waals surface area contributed by atoms with Crippen LogP contribution in [0.3, 0.4) is 0 Å². The van der Waals surface area contributed by atoms with Gasteiger partial charge in [-0.15, -0.1) is 0 Å². The highest BCUT2D eigenvalue weighted by atomic mass is 32.1. The van der Waals surface area contributed by atoms with E-state index in [0.717, 1.165) is 0 Å². The summed E-state index contributed by atoms with van der Waals surface area (Å²) < 4.78 is 10.5. The molecule has 3 aromatic rings. The van der Waals surface area contributed by atoms with E-state index in [1.807, 2.05) is 0 Å². The molecule has 1 aromatic heterocycles. The first-order valence-corrected chi connectivity index (χ1v) is 8.06. The van der Waals surface area contributed by atoms with Crippen LogP contribution in [-0.2, 0) is 0 Å². The third-order valence-corrected chi connectivity index (χ3v) is 3.78. The van der Waals surface area contributed by atoms with Crippen molar-refractivity contribution >= 4 is 45.6 Å². The van der Waals surface area contributed by atoms with E-state index >= 15 is 0 Å². The van der Waals surface area contributed by atoms with E-state index in [1.165, 1.54) is 24.3 Å². The van der Waals surface area contributed by atoms with Crippen molar-refractivity contribution in [3.8, 4) is 5.75 Å². The quantitative estimate of drug-likeness (QED) is 0.356. The summed E-state index contributed by atoms with van der Waals surface area (Å²) in [7, 11) is 1.57. The Labute approximate surface area is 158 Å². The molecule has 0 spiro atoms. The maximum absolute atomic E-state index is 12.2. The Morgan fingerprint density at radius 3 is 2.56 bits per heavy atom. The molecule has 1 heterocycles. The molecule has 1 amide bonds. The van der Waals surface area contributed by atoms with Crippen LogP contribution < -0.4 is 20.9 Å². The van der Waals surface area contributed by atoms with E-state index < -0.39 is 10.8 Å². The lowest BCUT2D eigenvalue weighted by atomic mass is 10.2. The second-order valence-corrected chi connectivity index (χ2v) is 5.76. The van der Waals surface area contributed by atoms with Gasteiger partial charge >= 0.3 is 5.91 Å². The highest BCUT2D eigenvalue weighted by Crippen LogP contribution is 2.24. The second-order valence-electron chi connectivity index (χ2n) is 5.35. The smallest absolute Gasteiger partial charge is 0.305 e. The molecule has 3 N–H and O–H groups in total. The van der Waals surface area contributed by atoms with Crippen molar-refractivity contribution in [3.05, 3.63) is 64.4 Å². The van der Waals surface area contributed by atoms with Crippen molar-refractivity contribution in [1.82, 2.24) is 10.9 Å². The number of hydrazine groups is 1. The molecule has 0 unspecified atom stereocenters. The number of nitro groups is 1. The number of fused-ring (bicyclic) bond motifs is 1. The molecule has 27 heavy (non-hydrogen) atoms. The van der Waals surface area contributed by atoms with Crippen LogP contribution in [0.5, 0.6) is 5.75 Å². The lowest BCUT2D eigenvalue weighted by Gasteiger charge is -2.11. The lowest BCUT2D eigenvalue weighted by Crippen LogP contribution is -2.43. The molecule has 0 aliphatic heterocycles. The number of nitrogens with one attached hydrogen (secondary N) is 3. The maximum Gasteiger partial charge on any atom is 0.305 e. The number of ether oxygens (including phenoxy) is 1. The predicted molar refractivity (Wildman–Crippen MR) is 103 cm³/mol. The third kappa shape index (κ3) is 4.30. The van der Waals surface area contributed by atoms with Gasteiger partial charge in [0, 0.05) is 23.2 Å². The topological polar surface area (TPSA) is 119 Å². The first-order chi connectivity index (χ1) is 13.0. The number of methoxy groups -OCH3 is 1. The van der Waals surface area contributed by atoms with Gasteiger partial charge in [0.1, 0.15) is 11.3 Å². The van der Waals surface area contributed by atoms with E-state index in [1.54, 1.807) is 31.4 Å². The number of anilines is 1. The number of carbonyl (C=O) groups is 1. The molecular formula is C17H14N4O5S.